The number of amides is 1. The molecule has 2 N–H and O–H groups in total. The van der Waals surface area contributed by atoms with E-state index in [0.717, 1.165) is 0 Å². The number of nitrogens with zero attached hydrogens (tertiary/aromatic N) is 1. The normalized spacial score (nSPS) is 13.5. The summed E-state index contributed by atoms with van der Waals surface area (Å²) in [5.41, 5.74) is -0.875. The molecule has 2 rings (SSSR count). The first-order chi connectivity index (χ1) is 10.8. The quantitative estimate of drug-likeness (QED) is 0.882. The number of carbonyl (C=O) groups is 2. The second kappa shape index (κ2) is 6.24. The molecule has 6 nitrogen and oxygen atoms in total. The number of fused-ring (bicyclic) bond motifs is 1. The lowest BCUT2D eigenvalue weighted by atomic mass is 9.95. The van der Waals surface area contributed by atoms with Crippen LogP contribution in [0.1, 0.15) is 37.0 Å². The van der Waals surface area contributed by atoms with Crippen LogP contribution in [0.2, 0.25) is 0 Å². The molecule has 23 heavy (non-hydrogen) atoms. The molecule has 2 aromatic rings. The molecule has 1 atom stereocenters. The molecule has 0 aliphatic heterocycles. The van der Waals surface area contributed by atoms with Crippen LogP contribution in [0.4, 0.5) is 0 Å². The zero-order valence-electron chi connectivity index (χ0n) is 13.4. The number of benzene rings is 1. The van der Waals surface area contributed by atoms with Gasteiger partial charge in [-0.15, -0.1) is 0 Å². The van der Waals surface area contributed by atoms with Crippen molar-refractivity contribution in [2.45, 2.75) is 32.2 Å². The number of pyridine rings is 1. The van der Waals surface area contributed by atoms with Crippen LogP contribution in [-0.2, 0) is 11.8 Å². The monoisotopic (exact) mass is 316 g/mol. The smallest absolute Gasteiger partial charge is 0.329 e. The van der Waals surface area contributed by atoms with Crippen molar-refractivity contribution in [2.24, 2.45) is 7.05 Å². The Morgan fingerprint density at radius 3 is 2.57 bits per heavy atom. The van der Waals surface area contributed by atoms with Gasteiger partial charge in [0, 0.05) is 18.5 Å². The molecule has 1 amide bonds. The highest BCUT2D eigenvalue weighted by atomic mass is 16.4. The predicted octanol–water partition coefficient (Wildman–Crippen LogP) is 1.91. The molecule has 0 fully saturated rings. The number of carboxylic acid groups (broad SMARTS) is 1. The lowest BCUT2D eigenvalue weighted by molar-refractivity contribution is -0.144. The highest BCUT2D eigenvalue weighted by Gasteiger charge is 2.34. The first-order valence-corrected chi connectivity index (χ1v) is 7.45. The summed E-state index contributed by atoms with van der Waals surface area (Å²) in [6.45, 7) is 3.32. The third-order valence-electron chi connectivity index (χ3n) is 4.01. The van der Waals surface area contributed by atoms with E-state index in [9.17, 15) is 19.5 Å². The Hall–Kier alpha value is -2.63. The highest BCUT2D eigenvalue weighted by Crippen LogP contribution is 2.19. The van der Waals surface area contributed by atoms with Crippen LogP contribution < -0.4 is 10.9 Å². The summed E-state index contributed by atoms with van der Waals surface area (Å²) >= 11 is 0. The zero-order valence-corrected chi connectivity index (χ0v) is 13.4. The van der Waals surface area contributed by atoms with E-state index in [1.807, 2.05) is 6.92 Å². The molecule has 0 aliphatic rings. The van der Waals surface area contributed by atoms with E-state index in [1.54, 1.807) is 31.3 Å². The number of para-hydroxylation sites is 1. The Morgan fingerprint density at radius 1 is 1.30 bits per heavy atom. The van der Waals surface area contributed by atoms with Crippen LogP contribution in [0, 0.1) is 0 Å². The van der Waals surface area contributed by atoms with E-state index in [4.69, 9.17) is 0 Å². The van der Waals surface area contributed by atoms with Gasteiger partial charge in [0.05, 0.1) is 11.1 Å². The van der Waals surface area contributed by atoms with Gasteiger partial charge < -0.3 is 15.0 Å². The highest BCUT2D eigenvalue weighted by molar-refractivity contribution is 6.07. The Morgan fingerprint density at radius 2 is 1.96 bits per heavy atom. The maximum Gasteiger partial charge on any atom is 0.329 e. The molecule has 0 radical (unpaired) electrons. The molecule has 0 saturated carbocycles. The Balaban J connectivity index is 2.52. The molecule has 0 saturated heterocycles. The molecule has 1 unspecified atom stereocenters. The number of carbonyl (C=O) groups excluding carboxylic acids is 1. The van der Waals surface area contributed by atoms with Crippen molar-refractivity contribution < 1.29 is 14.7 Å². The van der Waals surface area contributed by atoms with Gasteiger partial charge in [-0.2, -0.15) is 0 Å². The minimum Gasteiger partial charge on any atom is -0.480 e. The van der Waals surface area contributed by atoms with Crippen molar-refractivity contribution in [3.8, 4) is 0 Å². The zero-order chi connectivity index (χ0) is 17.2. The van der Waals surface area contributed by atoms with Gasteiger partial charge >= 0.3 is 5.97 Å². The average Bonchev–Trinajstić information content (AvgIpc) is 2.50. The van der Waals surface area contributed by atoms with E-state index in [1.165, 1.54) is 17.6 Å². The maximum absolute atomic E-state index is 12.6. The van der Waals surface area contributed by atoms with Gasteiger partial charge in [-0.1, -0.05) is 31.5 Å². The molecule has 0 aliphatic carbocycles. The summed E-state index contributed by atoms with van der Waals surface area (Å²) in [5, 5.41) is 12.6. The van der Waals surface area contributed by atoms with E-state index in [2.05, 4.69) is 5.32 Å². The third kappa shape index (κ3) is 3.11. The lowest BCUT2D eigenvalue weighted by Crippen LogP contribution is -2.52. The van der Waals surface area contributed by atoms with E-state index in [0.29, 0.717) is 23.7 Å². The fraction of sp³-hybridized carbons (Fsp3) is 0.353. The average molecular weight is 316 g/mol. The van der Waals surface area contributed by atoms with Gasteiger partial charge in [-0.25, -0.2) is 4.79 Å². The summed E-state index contributed by atoms with van der Waals surface area (Å²) in [5.74, 6) is -1.65. The molecule has 1 aromatic heterocycles. The first kappa shape index (κ1) is 16.7. The van der Waals surface area contributed by atoms with E-state index >= 15 is 0 Å². The van der Waals surface area contributed by atoms with Gasteiger partial charge in [-0.3, -0.25) is 9.59 Å². The lowest BCUT2D eigenvalue weighted by Gasteiger charge is -2.26. The van der Waals surface area contributed by atoms with Crippen LogP contribution in [0.15, 0.2) is 35.1 Å². The van der Waals surface area contributed by atoms with Crippen molar-refractivity contribution in [2.75, 3.05) is 0 Å². The van der Waals surface area contributed by atoms with Crippen molar-refractivity contribution >= 4 is 22.8 Å². The van der Waals surface area contributed by atoms with Gasteiger partial charge in [0.1, 0.15) is 5.54 Å². The molecule has 1 heterocycles. The summed E-state index contributed by atoms with van der Waals surface area (Å²) in [6, 6.07) is 8.28. The molecular formula is C17H20N2O4. The SMILES string of the molecule is CCCC(C)(NC(=O)c1cc(=O)n(C)c2ccccc12)C(=O)O. The Labute approximate surface area is 133 Å². The molecule has 122 valence electrons. The van der Waals surface area contributed by atoms with E-state index < -0.39 is 17.4 Å². The Bertz CT molecular complexity index is 825. The summed E-state index contributed by atoms with van der Waals surface area (Å²) in [6.07, 6.45) is 0.914. The molecule has 0 spiro atoms. The van der Waals surface area contributed by atoms with Crippen LogP contribution >= 0.6 is 0 Å². The number of aliphatic carboxylic acids is 1. The predicted molar refractivity (Wildman–Crippen MR) is 87.6 cm³/mol. The van der Waals surface area contributed by atoms with Gasteiger partial charge in [0.15, 0.2) is 0 Å². The van der Waals surface area contributed by atoms with Crippen LogP contribution in [0.25, 0.3) is 10.9 Å². The number of hydrogen-bond acceptors (Lipinski definition) is 3. The van der Waals surface area contributed by atoms with Gasteiger partial charge in [-0.05, 0) is 19.4 Å². The number of aryl methyl sites for hydroxylation is 1. The molecule has 1 aromatic carbocycles. The fourth-order valence-electron chi connectivity index (χ4n) is 2.64. The van der Waals surface area contributed by atoms with Crippen molar-refractivity contribution in [3.05, 3.63) is 46.2 Å². The number of hydrogen-bond donors (Lipinski definition) is 2. The molecule has 0 bridgehead atoms. The van der Waals surface area contributed by atoms with Crippen molar-refractivity contribution in [1.82, 2.24) is 9.88 Å². The minimum atomic E-state index is -1.37. The largest absolute Gasteiger partial charge is 0.480 e. The third-order valence-corrected chi connectivity index (χ3v) is 4.01. The van der Waals surface area contributed by atoms with Crippen LogP contribution in [0.5, 0.6) is 0 Å². The number of rotatable bonds is 5. The molecule has 6 heteroatoms. The van der Waals surface area contributed by atoms with Crippen LogP contribution in [0.3, 0.4) is 0 Å². The van der Waals surface area contributed by atoms with Crippen LogP contribution in [-0.4, -0.2) is 27.1 Å². The molecular weight excluding hydrogens is 296 g/mol. The maximum atomic E-state index is 12.6. The van der Waals surface area contributed by atoms with Gasteiger partial charge in [0.25, 0.3) is 11.5 Å². The summed E-state index contributed by atoms with van der Waals surface area (Å²) in [7, 11) is 1.63. The van der Waals surface area contributed by atoms with Crippen molar-refractivity contribution in [3.63, 3.8) is 0 Å². The second-order valence-electron chi connectivity index (χ2n) is 5.81. The topological polar surface area (TPSA) is 88.4 Å². The Kier molecular flexibility index (Phi) is 4.54. The second-order valence-corrected chi connectivity index (χ2v) is 5.81. The fourth-order valence-corrected chi connectivity index (χ4v) is 2.64. The summed E-state index contributed by atoms with van der Waals surface area (Å²) < 4.78 is 1.45. The van der Waals surface area contributed by atoms with Gasteiger partial charge in [0.2, 0.25) is 0 Å². The van der Waals surface area contributed by atoms with E-state index in [-0.39, 0.29) is 11.1 Å². The standard InChI is InChI=1S/C17H20N2O4/c1-4-9-17(2,16(22)23)18-15(21)12-10-14(20)19(3)13-8-6-5-7-11(12)13/h5-8,10H,4,9H2,1-3H3,(H,18,21)(H,22,23). The summed E-state index contributed by atoms with van der Waals surface area (Å²) in [4.78, 5) is 36.1. The number of carboxylic acids is 1. The first-order valence-electron chi connectivity index (χ1n) is 7.45. The number of aromatic nitrogens is 1. The minimum absolute atomic E-state index is 0.187. The number of nitrogens with one attached hydrogen (secondary N) is 1. The van der Waals surface area contributed by atoms with Crippen molar-refractivity contribution in [1.29, 1.82) is 0 Å².